The van der Waals surface area contributed by atoms with Crippen LogP contribution >= 0.6 is 0 Å². The molecule has 1 aromatic carbocycles. The van der Waals surface area contributed by atoms with Crippen LogP contribution in [0.3, 0.4) is 0 Å². The van der Waals surface area contributed by atoms with Gasteiger partial charge in [0.2, 0.25) is 0 Å². The summed E-state index contributed by atoms with van der Waals surface area (Å²) in [5.74, 6) is -1.06. The number of rotatable bonds is 6. The summed E-state index contributed by atoms with van der Waals surface area (Å²) < 4.78 is 17.3. The van der Waals surface area contributed by atoms with Gasteiger partial charge in [-0.3, -0.25) is 9.00 Å². The maximum atomic E-state index is 12.4. The summed E-state index contributed by atoms with van der Waals surface area (Å²) in [6.45, 7) is 7.50. The highest BCUT2D eigenvalue weighted by molar-refractivity contribution is 7.85. The first-order chi connectivity index (χ1) is 12.1. The van der Waals surface area contributed by atoms with Crippen molar-refractivity contribution in [3.05, 3.63) is 53.0 Å². The van der Waals surface area contributed by atoms with E-state index in [0.717, 1.165) is 5.56 Å². The minimum atomic E-state index is -1.13. The van der Waals surface area contributed by atoms with Gasteiger partial charge < -0.3 is 14.8 Å². The van der Waals surface area contributed by atoms with Crippen molar-refractivity contribution in [2.75, 3.05) is 5.32 Å². The van der Waals surface area contributed by atoms with Crippen LogP contribution in [-0.2, 0) is 23.0 Å². The standard InChI is InChI=1S/C19H23NO5S/c1-5-15-14(18(22)23)10-16(25-15)17(21)20-13-8-6-7-12(9-13)11-26(24)19(2,3)4/h6-10H,5,11H2,1-4H3,(H,20,21)(H,22,23). The number of carbonyl (C=O) groups is 2. The molecule has 2 aromatic rings. The highest BCUT2D eigenvalue weighted by Gasteiger charge is 2.21. The molecule has 0 aliphatic carbocycles. The van der Waals surface area contributed by atoms with Crippen molar-refractivity contribution in [1.29, 1.82) is 0 Å². The molecule has 1 amide bonds. The van der Waals surface area contributed by atoms with Gasteiger partial charge in [-0.25, -0.2) is 4.79 Å². The van der Waals surface area contributed by atoms with Gasteiger partial charge in [-0.15, -0.1) is 0 Å². The summed E-state index contributed by atoms with van der Waals surface area (Å²) in [6, 6.07) is 8.32. The molecule has 0 radical (unpaired) electrons. The fourth-order valence-electron chi connectivity index (χ4n) is 2.28. The van der Waals surface area contributed by atoms with E-state index in [9.17, 15) is 13.8 Å². The SMILES string of the molecule is CCc1oc(C(=O)Nc2cccc(CS(=O)C(C)(C)C)c2)cc1C(=O)O. The van der Waals surface area contributed by atoms with Crippen LogP contribution in [0.4, 0.5) is 5.69 Å². The van der Waals surface area contributed by atoms with Gasteiger partial charge in [-0.05, 0) is 38.5 Å². The molecule has 7 heteroatoms. The number of hydrogen-bond donors (Lipinski definition) is 2. The Bertz CT molecular complexity index is 848. The highest BCUT2D eigenvalue weighted by atomic mass is 32.2. The van der Waals surface area contributed by atoms with Crippen LogP contribution in [0, 0.1) is 0 Å². The number of anilines is 1. The number of carboxylic acid groups (broad SMARTS) is 1. The Morgan fingerprint density at radius 2 is 1.92 bits per heavy atom. The molecule has 0 bridgehead atoms. The van der Waals surface area contributed by atoms with Crippen molar-refractivity contribution in [2.45, 2.75) is 44.6 Å². The van der Waals surface area contributed by atoms with E-state index < -0.39 is 22.7 Å². The number of carboxylic acids is 1. The average Bonchev–Trinajstić information content (AvgIpc) is 2.99. The van der Waals surface area contributed by atoms with Gasteiger partial charge in [-0.2, -0.15) is 0 Å². The molecule has 1 aromatic heterocycles. The topological polar surface area (TPSA) is 96.6 Å². The van der Waals surface area contributed by atoms with Crippen LogP contribution in [0.1, 0.15) is 59.9 Å². The van der Waals surface area contributed by atoms with Crippen LogP contribution in [0.25, 0.3) is 0 Å². The zero-order valence-electron chi connectivity index (χ0n) is 15.3. The van der Waals surface area contributed by atoms with E-state index in [4.69, 9.17) is 9.52 Å². The Morgan fingerprint density at radius 1 is 1.23 bits per heavy atom. The lowest BCUT2D eigenvalue weighted by atomic mass is 10.2. The normalized spacial score (nSPS) is 12.6. The first kappa shape index (κ1) is 19.9. The second kappa shape index (κ2) is 7.86. The summed E-state index contributed by atoms with van der Waals surface area (Å²) in [6.07, 6.45) is 0.378. The Morgan fingerprint density at radius 3 is 2.46 bits per heavy atom. The molecule has 26 heavy (non-hydrogen) atoms. The van der Waals surface area contributed by atoms with Gasteiger partial charge in [0.25, 0.3) is 5.91 Å². The molecule has 0 aliphatic rings. The largest absolute Gasteiger partial charge is 0.478 e. The van der Waals surface area contributed by atoms with E-state index in [2.05, 4.69) is 5.32 Å². The number of benzene rings is 1. The summed E-state index contributed by atoms with van der Waals surface area (Å²) >= 11 is 0. The molecule has 0 spiro atoms. The third kappa shape index (κ3) is 4.82. The van der Waals surface area contributed by atoms with E-state index in [1.807, 2.05) is 26.8 Å². The van der Waals surface area contributed by atoms with Gasteiger partial charge in [0.05, 0.1) is 0 Å². The molecule has 0 saturated carbocycles. The number of amides is 1. The van der Waals surface area contributed by atoms with Crippen LogP contribution in [0.15, 0.2) is 34.7 Å². The number of aromatic carboxylic acids is 1. The maximum absolute atomic E-state index is 12.4. The molecular formula is C19H23NO5S. The molecule has 140 valence electrons. The second-order valence-corrected chi connectivity index (χ2v) is 9.07. The Kier molecular flexibility index (Phi) is 6.02. The molecule has 2 N–H and O–H groups in total. The first-order valence-corrected chi connectivity index (χ1v) is 9.58. The van der Waals surface area contributed by atoms with Crippen LogP contribution in [0.5, 0.6) is 0 Å². The quantitative estimate of drug-likeness (QED) is 0.797. The van der Waals surface area contributed by atoms with Gasteiger partial charge in [-0.1, -0.05) is 19.1 Å². The van der Waals surface area contributed by atoms with Gasteiger partial charge in [0.15, 0.2) is 5.76 Å². The zero-order chi connectivity index (χ0) is 19.5. The summed E-state index contributed by atoms with van der Waals surface area (Å²) in [4.78, 5) is 23.5. The van der Waals surface area contributed by atoms with Crippen molar-refractivity contribution in [1.82, 2.24) is 0 Å². The molecule has 0 saturated heterocycles. The Labute approximate surface area is 155 Å². The molecule has 0 aliphatic heterocycles. The van der Waals surface area contributed by atoms with Gasteiger partial charge >= 0.3 is 5.97 Å². The van der Waals surface area contributed by atoms with Crippen molar-refractivity contribution < 1.29 is 23.3 Å². The highest BCUT2D eigenvalue weighted by Crippen LogP contribution is 2.21. The van der Waals surface area contributed by atoms with Gasteiger partial charge in [0.1, 0.15) is 11.3 Å². The number of nitrogens with one attached hydrogen (secondary N) is 1. The molecular weight excluding hydrogens is 354 g/mol. The summed E-state index contributed by atoms with van der Waals surface area (Å²) in [5, 5.41) is 11.8. The van der Waals surface area contributed by atoms with E-state index >= 15 is 0 Å². The van der Waals surface area contributed by atoms with Crippen molar-refractivity contribution in [3.8, 4) is 0 Å². The number of carbonyl (C=O) groups excluding carboxylic acids is 1. The minimum Gasteiger partial charge on any atom is -0.478 e. The third-order valence-corrected chi connectivity index (χ3v) is 5.71. The lowest BCUT2D eigenvalue weighted by molar-refractivity contribution is 0.0694. The summed E-state index contributed by atoms with van der Waals surface area (Å²) in [7, 11) is -1.05. The molecule has 0 fully saturated rings. The number of hydrogen-bond acceptors (Lipinski definition) is 4. The molecule has 1 unspecified atom stereocenters. The number of furan rings is 1. The van der Waals surface area contributed by atoms with Crippen LogP contribution < -0.4 is 5.32 Å². The average molecular weight is 377 g/mol. The monoisotopic (exact) mass is 377 g/mol. The minimum absolute atomic E-state index is 0.00743. The van der Waals surface area contributed by atoms with E-state index in [1.54, 1.807) is 25.1 Å². The third-order valence-electron chi connectivity index (χ3n) is 3.75. The predicted molar refractivity (Wildman–Crippen MR) is 101 cm³/mol. The van der Waals surface area contributed by atoms with Crippen molar-refractivity contribution in [3.63, 3.8) is 0 Å². The van der Waals surface area contributed by atoms with E-state index in [0.29, 0.717) is 17.9 Å². The Hall–Kier alpha value is -2.41. The fourth-order valence-corrected chi connectivity index (χ4v) is 3.20. The maximum Gasteiger partial charge on any atom is 0.339 e. The molecule has 2 rings (SSSR count). The zero-order valence-corrected chi connectivity index (χ0v) is 16.1. The van der Waals surface area contributed by atoms with Crippen molar-refractivity contribution >= 4 is 28.4 Å². The van der Waals surface area contributed by atoms with Crippen LogP contribution in [-0.4, -0.2) is 25.9 Å². The number of aryl methyl sites for hydroxylation is 1. The Balaban J connectivity index is 2.16. The smallest absolute Gasteiger partial charge is 0.339 e. The lowest BCUT2D eigenvalue weighted by Gasteiger charge is -2.17. The fraction of sp³-hybridized carbons (Fsp3) is 0.368. The second-order valence-electron chi connectivity index (χ2n) is 6.86. The summed E-state index contributed by atoms with van der Waals surface area (Å²) in [5.41, 5.74) is 1.37. The molecule has 1 atom stereocenters. The van der Waals surface area contributed by atoms with Gasteiger partial charge in [0, 0.05) is 39.5 Å². The van der Waals surface area contributed by atoms with Crippen LogP contribution in [0.2, 0.25) is 0 Å². The van der Waals surface area contributed by atoms with E-state index in [-0.39, 0.29) is 21.8 Å². The molecule has 6 nitrogen and oxygen atoms in total. The lowest BCUT2D eigenvalue weighted by Crippen LogP contribution is -2.23. The predicted octanol–water partition coefficient (Wildman–Crippen LogP) is 3.84. The first-order valence-electron chi connectivity index (χ1n) is 8.26. The molecule has 1 heterocycles. The van der Waals surface area contributed by atoms with E-state index in [1.165, 1.54) is 6.07 Å². The van der Waals surface area contributed by atoms with Crippen molar-refractivity contribution in [2.24, 2.45) is 0 Å².